The van der Waals surface area contributed by atoms with E-state index in [1.807, 2.05) is 0 Å². The Morgan fingerprint density at radius 2 is 2.50 bits per heavy atom. The Morgan fingerprint density at radius 3 is 3.00 bits per heavy atom. The van der Waals surface area contributed by atoms with Crippen LogP contribution in [0, 0.1) is 11.3 Å². The van der Waals surface area contributed by atoms with Crippen LogP contribution < -0.4 is 4.74 Å². The van der Waals surface area contributed by atoms with E-state index in [0.717, 1.165) is 10.1 Å². The predicted octanol–water partition coefficient (Wildman–Crippen LogP) is 1.90. The zero-order chi connectivity index (χ0) is 8.97. The Labute approximate surface area is 84.5 Å². The molecule has 0 saturated heterocycles. The lowest BCUT2D eigenvalue weighted by atomic mass is 10.2. The van der Waals surface area contributed by atoms with E-state index in [2.05, 4.69) is 33.6 Å². The van der Waals surface area contributed by atoms with Crippen LogP contribution in [0.4, 0.5) is 0 Å². The molecule has 0 aliphatic carbocycles. The van der Waals surface area contributed by atoms with Gasteiger partial charge in [-0.25, -0.2) is 0 Å². The second-order valence-corrected chi connectivity index (χ2v) is 2.84. The summed E-state index contributed by atoms with van der Waals surface area (Å²) < 4.78 is 5.73. The van der Waals surface area contributed by atoms with Crippen molar-refractivity contribution in [3.63, 3.8) is 0 Å². The van der Waals surface area contributed by atoms with Crippen LogP contribution in [0.15, 0.2) is 12.3 Å². The third-order valence-electron chi connectivity index (χ3n) is 1.45. The third kappa shape index (κ3) is 1.67. The minimum atomic E-state index is 0.536. The first-order chi connectivity index (χ1) is 5.83. The maximum absolute atomic E-state index is 8.79. The molecule has 0 atom stereocenters. The number of hydrogen-bond acceptors (Lipinski definition) is 3. The Morgan fingerprint density at radius 1 is 1.75 bits per heavy atom. The molecule has 4 heteroatoms. The van der Waals surface area contributed by atoms with Gasteiger partial charge in [-0.3, -0.25) is 4.98 Å². The summed E-state index contributed by atoms with van der Waals surface area (Å²) in [4.78, 5) is 4.07. The highest BCUT2D eigenvalue weighted by Gasteiger charge is 2.07. The van der Waals surface area contributed by atoms with Crippen LogP contribution in [-0.2, 0) is 4.43 Å². The average Bonchev–Trinajstić information content (AvgIpc) is 2.16. The minimum Gasteiger partial charge on any atom is -0.495 e. The normalized spacial score (nSPS) is 9.08. The van der Waals surface area contributed by atoms with E-state index in [9.17, 15) is 0 Å². The lowest BCUT2D eigenvalue weighted by molar-refractivity contribution is 0.412. The molecule has 3 nitrogen and oxygen atoms in total. The van der Waals surface area contributed by atoms with E-state index >= 15 is 0 Å². The van der Waals surface area contributed by atoms with Crippen molar-refractivity contribution in [3.05, 3.63) is 23.5 Å². The molecule has 0 spiro atoms. The first-order valence-corrected chi connectivity index (χ1v) is 4.84. The zero-order valence-corrected chi connectivity index (χ0v) is 8.70. The van der Waals surface area contributed by atoms with Crippen molar-refractivity contribution >= 4 is 22.6 Å². The number of methoxy groups -OCH3 is 1. The quantitative estimate of drug-likeness (QED) is 0.611. The molecule has 0 saturated carbocycles. The van der Waals surface area contributed by atoms with Crippen LogP contribution in [-0.4, -0.2) is 12.1 Å². The molecular formula is C8H7IN2O. The second-order valence-electron chi connectivity index (χ2n) is 2.08. The number of halogens is 1. The Kier molecular flexibility index (Phi) is 3.29. The molecule has 1 heterocycles. The van der Waals surface area contributed by atoms with Gasteiger partial charge in [0.05, 0.1) is 12.8 Å². The number of aromatic nitrogens is 1. The van der Waals surface area contributed by atoms with Crippen molar-refractivity contribution in [2.75, 3.05) is 7.11 Å². The second kappa shape index (κ2) is 4.26. The average molecular weight is 274 g/mol. The van der Waals surface area contributed by atoms with E-state index in [1.165, 1.54) is 0 Å². The van der Waals surface area contributed by atoms with Gasteiger partial charge in [0.25, 0.3) is 0 Å². The van der Waals surface area contributed by atoms with Gasteiger partial charge in [0, 0.05) is 10.6 Å². The first kappa shape index (κ1) is 9.26. The smallest absolute Gasteiger partial charge is 0.140 e. The van der Waals surface area contributed by atoms with E-state index in [1.54, 1.807) is 19.4 Å². The molecule has 0 unspecified atom stereocenters. The summed E-state index contributed by atoms with van der Waals surface area (Å²) in [6.07, 6.45) is 1.65. The highest BCUT2D eigenvalue weighted by Crippen LogP contribution is 2.20. The summed E-state index contributed by atoms with van der Waals surface area (Å²) in [5, 5.41) is 8.79. The minimum absolute atomic E-state index is 0.536. The van der Waals surface area contributed by atoms with Crippen molar-refractivity contribution in [2.45, 2.75) is 4.43 Å². The molecule has 0 aromatic carbocycles. The highest BCUT2D eigenvalue weighted by atomic mass is 127. The Bertz CT molecular complexity index is 297. The number of hydrogen-bond donors (Lipinski definition) is 0. The van der Waals surface area contributed by atoms with E-state index in [0.29, 0.717) is 11.3 Å². The molecule has 1 rings (SSSR count). The molecule has 62 valence electrons. The van der Waals surface area contributed by atoms with Gasteiger partial charge < -0.3 is 4.74 Å². The fraction of sp³-hybridized carbons (Fsp3) is 0.250. The predicted molar refractivity (Wildman–Crippen MR) is 53.2 cm³/mol. The molecule has 0 aliphatic rings. The zero-order valence-electron chi connectivity index (χ0n) is 6.54. The van der Waals surface area contributed by atoms with Crippen molar-refractivity contribution < 1.29 is 4.74 Å². The van der Waals surface area contributed by atoms with Gasteiger partial charge in [-0.1, -0.05) is 22.6 Å². The number of nitriles is 1. The summed E-state index contributed by atoms with van der Waals surface area (Å²) in [6, 6.07) is 3.76. The van der Waals surface area contributed by atoms with E-state index in [-0.39, 0.29) is 0 Å². The molecule has 0 bridgehead atoms. The number of ether oxygens (including phenoxy) is 1. The van der Waals surface area contributed by atoms with Crippen molar-refractivity contribution in [3.8, 4) is 11.8 Å². The van der Waals surface area contributed by atoms with Gasteiger partial charge in [-0.05, 0) is 6.07 Å². The van der Waals surface area contributed by atoms with Gasteiger partial charge in [-0.15, -0.1) is 0 Å². The summed E-state index contributed by atoms with van der Waals surface area (Å²) in [7, 11) is 1.55. The number of nitrogens with zero attached hydrogens (tertiary/aromatic N) is 2. The number of rotatable bonds is 2. The van der Waals surface area contributed by atoms with Crippen molar-refractivity contribution in [1.29, 1.82) is 5.26 Å². The monoisotopic (exact) mass is 274 g/mol. The fourth-order valence-corrected chi connectivity index (χ4v) is 1.45. The molecule has 1 aromatic rings. The molecule has 0 radical (unpaired) electrons. The largest absolute Gasteiger partial charge is 0.495 e. The molecule has 12 heavy (non-hydrogen) atoms. The molecular weight excluding hydrogens is 267 g/mol. The summed E-state index contributed by atoms with van der Waals surface area (Å²) >= 11 is 2.17. The number of alkyl halides is 1. The molecule has 0 amide bonds. The Hall–Kier alpha value is -0.830. The highest BCUT2D eigenvalue weighted by molar-refractivity contribution is 14.1. The van der Waals surface area contributed by atoms with E-state index in [4.69, 9.17) is 10.00 Å². The van der Waals surface area contributed by atoms with Gasteiger partial charge >= 0.3 is 0 Å². The van der Waals surface area contributed by atoms with E-state index < -0.39 is 0 Å². The number of pyridine rings is 1. The van der Waals surface area contributed by atoms with Crippen LogP contribution >= 0.6 is 22.6 Å². The van der Waals surface area contributed by atoms with Crippen molar-refractivity contribution in [2.24, 2.45) is 0 Å². The van der Waals surface area contributed by atoms with Crippen LogP contribution in [0.3, 0.4) is 0 Å². The topological polar surface area (TPSA) is 45.9 Å². The van der Waals surface area contributed by atoms with Crippen LogP contribution in [0.5, 0.6) is 5.75 Å². The van der Waals surface area contributed by atoms with Crippen LogP contribution in [0.1, 0.15) is 11.3 Å². The summed E-state index contributed by atoms with van der Waals surface area (Å²) in [6.45, 7) is 0. The molecule has 1 aromatic heterocycles. The third-order valence-corrected chi connectivity index (χ3v) is 2.17. The maximum atomic E-state index is 8.79. The SMILES string of the molecule is COc1ccnc(CI)c1C#N. The summed E-state index contributed by atoms with van der Waals surface area (Å²) in [5.74, 6) is 0.596. The summed E-state index contributed by atoms with van der Waals surface area (Å²) in [5.41, 5.74) is 1.31. The lowest BCUT2D eigenvalue weighted by Crippen LogP contribution is -1.95. The van der Waals surface area contributed by atoms with Gasteiger partial charge in [0.2, 0.25) is 0 Å². The van der Waals surface area contributed by atoms with Gasteiger partial charge in [0.15, 0.2) is 0 Å². The first-order valence-electron chi connectivity index (χ1n) is 3.31. The fourth-order valence-electron chi connectivity index (χ4n) is 0.876. The van der Waals surface area contributed by atoms with Crippen LogP contribution in [0.25, 0.3) is 0 Å². The van der Waals surface area contributed by atoms with Crippen molar-refractivity contribution in [1.82, 2.24) is 4.98 Å². The molecule has 0 aliphatic heterocycles. The van der Waals surface area contributed by atoms with Gasteiger partial charge in [-0.2, -0.15) is 5.26 Å². The maximum Gasteiger partial charge on any atom is 0.140 e. The molecule has 0 N–H and O–H groups in total. The standard InChI is InChI=1S/C8H7IN2O/c1-12-8-2-3-11-7(4-9)6(8)5-10/h2-3H,4H2,1H3. The molecule has 0 fully saturated rings. The lowest BCUT2D eigenvalue weighted by Gasteiger charge is -2.03. The Balaban J connectivity index is 3.25. The van der Waals surface area contributed by atoms with Gasteiger partial charge in [0.1, 0.15) is 17.4 Å². The van der Waals surface area contributed by atoms with Crippen LogP contribution in [0.2, 0.25) is 0 Å².